The minimum Gasteiger partial charge on any atom is -0.756 e. The van der Waals surface area contributed by atoms with E-state index in [1.54, 1.807) is 0 Å². The summed E-state index contributed by atoms with van der Waals surface area (Å²) in [5.41, 5.74) is 19.7. The summed E-state index contributed by atoms with van der Waals surface area (Å²) in [6.45, 7) is -1.73. The monoisotopic (exact) mass is 933 g/mol. The van der Waals surface area contributed by atoms with E-state index in [1.807, 2.05) is 0 Å². The first-order chi connectivity index (χ1) is 29.7. The molecule has 0 aromatic carbocycles. The van der Waals surface area contributed by atoms with Crippen molar-refractivity contribution in [3.05, 3.63) is 16.7 Å². The maximum absolute atomic E-state index is 13.1. The Morgan fingerprint density at radius 1 is 0.952 bits per heavy atom. The van der Waals surface area contributed by atoms with Gasteiger partial charge in [-0.3, -0.25) is 23.7 Å². The molecule has 63 heavy (non-hydrogen) atoms. The summed E-state index contributed by atoms with van der Waals surface area (Å²) in [7, 11) is -5.48. The molecule has 31 heteroatoms. The van der Waals surface area contributed by atoms with Crippen LogP contribution in [0.1, 0.15) is 19.1 Å². The van der Waals surface area contributed by atoms with Gasteiger partial charge in [-0.1, -0.05) is 0 Å². The topological polar surface area (TPSA) is 516 Å². The Balaban J connectivity index is 1.12. The van der Waals surface area contributed by atoms with Crippen LogP contribution in [0.15, 0.2) is 11.1 Å². The van der Waals surface area contributed by atoms with Gasteiger partial charge < -0.3 is 118 Å². The van der Waals surface area contributed by atoms with E-state index in [1.165, 1.54) is 0 Å². The predicted octanol–water partition coefficient (Wildman–Crippen LogP) is -13.4. The number of imidazole rings is 1. The van der Waals surface area contributed by atoms with Gasteiger partial charge in [-0.25, -0.2) is 4.98 Å². The van der Waals surface area contributed by atoms with E-state index in [9.17, 15) is 65.0 Å². The standard InChI is InChI=1S/C32H55N10O20P/c33-2-1-10(44)27(52)39-9-3-8(35)23(22(51)24(9)61-30-18(47)14(36)16(45)12(5-43)59-30)60-31-21(50)19(48)25(11(4-34)58-31)62-63(54,55)56-6-13-17(46)20(49)29(57-13)42-7-38-15-26(42)40-32(37)41-28(15)53/h7-14,16-25,29-31,43-51H,1-6,33-36H2,(H,39,52)(H,54,55)(H3,37,40,41,53)/p+3/t8-,9+,10-,11+,12+,13+,14-,16+,17+,18+,19+,20+,21+,22-,23+,24-,25+,29+,30+,31+/m0/s1. The number of phosphoric ester groups is 1. The molecule has 1 aliphatic carbocycles. The quantitative estimate of drug-likeness (QED) is 0.0695. The second-order valence-electron chi connectivity index (χ2n) is 15.8. The molecule has 1 saturated carbocycles. The molecular formula is C32H58N10O20P+3. The van der Waals surface area contributed by atoms with E-state index >= 15 is 0 Å². The number of aliphatic hydroxyl groups is 9. The number of phosphoric acid groups is 1. The second-order valence-corrected chi connectivity index (χ2v) is 17.1. The molecule has 4 fully saturated rings. The zero-order valence-corrected chi connectivity index (χ0v) is 34.5. The van der Waals surface area contributed by atoms with Gasteiger partial charge in [0.2, 0.25) is 11.9 Å². The molecule has 2 aromatic heterocycles. The summed E-state index contributed by atoms with van der Waals surface area (Å²) in [5.74, 6) is -1.13. The number of rotatable bonds is 16. The van der Waals surface area contributed by atoms with Gasteiger partial charge in [-0.15, -0.1) is 0 Å². The summed E-state index contributed by atoms with van der Waals surface area (Å²) in [6, 6.07) is -3.22. The Morgan fingerprint density at radius 2 is 1.62 bits per heavy atom. The third-order valence-electron chi connectivity index (χ3n) is 11.4. The lowest BCUT2D eigenvalue weighted by atomic mass is 9.83. The van der Waals surface area contributed by atoms with Gasteiger partial charge in [0.1, 0.15) is 98.0 Å². The molecule has 0 spiro atoms. The molecule has 1 amide bonds. The van der Waals surface area contributed by atoms with Gasteiger partial charge in [0, 0.05) is 12.8 Å². The summed E-state index contributed by atoms with van der Waals surface area (Å²) < 4.78 is 53.3. The Hall–Kier alpha value is -2.99. The van der Waals surface area contributed by atoms with Crippen molar-refractivity contribution in [1.29, 1.82) is 0 Å². The van der Waals surface area contributed by atoms with Crippen molar-refractivity contribution in [3.63, 3.8) is 0 Å². The van der Waals surface area contributed by atoms with Crippen LogP contribution >= 0.6 is 7.82 Å². The number of aliphatic hydroxyl groups excluding tert-OH is 9. The van der Waals surface area contributed by atoms with E-state index in [0.29, 0.717) is 0 Å². The largest absolute Gasteiger partial charge is 0.756 e. The van der Waals surface area contributed by atoms with Crippen molar-refractivity contribution in [2.45, 2.75) is 135 Å². The highest BCUT2D eigenvalue weighted by atomic mass is 31.2. The average molecular weight is 934 g/mol. The molecule has 3 aliphatic heterocycles. The first-order valence-corrected chi connectivity index (χ1v) is 21.4. The Bertz CT molecular complexity index is 1970. The van der Waals surface area contributed by atoms with Gasteiger partial charge in [0.05, 0.1) is 32.1 Å². The van der Waals surface area contributed by atoms with Crippen LogP contribution in [0.3, 0.4) is 0 Å². The van der Waals surface area contributed by atoms with Crippen LogP contribution in [0.25, 0.3) is 11.2 Å². The molecule has 6 rings (SSSR count). The van der Waals surface area contributed by atoms with E-state index in [0.717, 1.165) is 10.9 Å². The highest BCUT2D eigenvalue weighted by Crippen LogP contribution is 2.45. The fraction of sp³-hybridized carbons (Fsp3) is 0.812. The number of fused-ring (bicyclic) bond motifs is 1. The second kappa shape index (κ2) is 20.3. The third kappa shape index (κ3) is 10.4. The number of anilines is 1. The van der Waals surface area contributed by atoms with Gasteiger partial charge in [0.25, 0.3) is 13.4 Å². The van der Waals surface area contributed by atoms with Crippen LogP contribution in [0.2, 0.25) is 0 Å². The average Bonchev–Trinajstić information content (AvgIpc) is 3.78. The first-order valence-electron chi connectivity index (χ1n) is 20.0. The number of hydrogen-bond acceptors (Lipinski definition) is 23. The Labute approximate surface area is 355 Å². The molecule has 21 atom stereocenters. The lowest BCUT2D eigenvalue weighted by molar-refractivity contribution is -0.494. The minimum atomic E-state index is -5.48. The summed E-state index contributed by atoms with van der Waals surface area (Å²) >= 11 is 0. The molecule has 25 N–H and O–H groups in total. The number of amides is 1. The number of nitrogens with zero attached hydrogens (tertiary/aromatic N) is 3. The zero-order valence-electron chi connectivity index (χ0n) is 33.6. The maximum Gasteiger partial charge on any atom is 0.280 e. The lowest BCUT2D eigenvalue weighted by Gasteiger charge is -2.48. The minimum absolute atomic E-state index is 0.00581. The van der Waals surface area contributed by atoms with Crippen LogP contribution in [0, 0.1) is 0 Å². The van der Waals surface area contributed by atoms with E-state index in [-0.39, 0.29) is 43.0 Å². The molecule has 1 unspecified atom stereocenters. The lowest BCUT2D eigenvalue weighted by Crippen LogP contribution is -2.80. The fourth-order valence-electron chi connectivity index (χ4n) is 7.95. The van der Waals surface area contributed by atoms with Gasteiger partial charge in [-0.2, -0.15) is 4.98 Å². The SMILES string of the molecule is Nc1nc2c(ncn2[C@@H]2O[C@H](COP(=O)([O-])O[C@H]3[C@H](O)[C@@H](O)[C@@H](O[C@H]4[C@H](O)[C@@H](O[C@H]5O[C@H](CO)[C@@H](O)[C@H]([NH3+])[C@H]5O)[C@H](NC(=O)[C@@H](O)CC[NH3+])C[C@@H]4[NH3+])O[C@@H]3C[NH3+])[C@@H](O)[C@H]2O)c(=O)[nH]1. The van der Waals surface area contributed by atoms with Crippen molar-refractivity contribution in [2.75, 3.05) is 32.0 Å². The number of aromatic nitrogens is 4. The van der Waals surface area contributed by atoms with Crippen molar-refractivity contribution in [3.8, 4) is 0 Å². The number of nitrogens with one attached hydrogen (secondary N) is 2. The highest BCUT2D eigenvalue weighted by Gasteiger charge is 2.55. The van der Waals surface area contributed by atoms with Crippen LogP contribution < -0.4 is 44.4 Å². The number of H-pyrrole nitrogens is 1. The molecule has 358 valence electrons. The molecule has 4 aliphatic rings. The number of ether oxygens (including phenoxy) is 5. The van der Waals surface area contributed by atoms with Gasteiger partial charge >= 0.3 is 0 Å². The number of carbonyl (C=O) groups is 1. The number of quaternary nitrogens is 4. The highest BCUT2D eigenvalue weighted by molar-refractivity contribution is 7.45. The van der Waals surface area contributed by atoms with Crippen LogP contribution in [0.5, 0.6) is 0 Å². The smallest absolute Gasteiger partial charge is 0.280 e. The summed E-state index contributed by atoms with van der Waals surface area (Å²) in [6.07, 6.45) is -26.9. The number of aromatic amines is 1. The third-order valence-corrected chi connectivity index (χ3v) is 12.4. The van der Waals surface area contributed by atoms with Crippen molar-refractivity contribution < 1.29 is 116 Å². The van der Waals surface area contributed by atoms with Crippen LogP contribution in [-0.4, -0.2) is 214 Å². The van der Waals surface area contributed by atoms with Crippen LogP contribution in [-0.2, 0) is 42.1 Å². The van der Waals surface area contributed by atoms with Gasteiger partial charge in [-0.05, 0) is 0 Å². The molecule has 5 heterocycles. The number of nitrogens with two attached hydrogens (primary N) is 1. The zero-order chi connectivity index (χ0) is 46.2. The number of nitrogen functional groups attached to an aromatic ring is 1. The maximum atomic E-state index is 13.1. The first kappa shape index (κ1) is 49.4. The Kier molecular flexibility index (Phi) is 15.9. The predicted molar refractivity (Wildman–Crippen MR) is 197 cm³/mol. The van der Waals surface area contributed by atoms with Crippen molar-refractivity contribution in [1.82, 2.24) is 24.8 Å². The molecular weight excluding hydrogens is 875 g/mol. The van der Waals surface area contributed by atoms with E-state index in [4.69, 9.17) is 38.5 Å². The fourth-order valence-corrected chi connectivity index (χ4v) is 8.90. The molecule has 0 radical (unpaired) electrons. The molecule has 3 saturated heterocycles. The van der Waals surface area contributed by atoms with Crippen molar-refractivity contribution in [2.24, 2.45) is 0 Å². The van der Waals surface area contributed by atoms with Crippen LogP contribution in [0.4, 0.5) is 5.95 Å². The Morgan fingerprint density at radius 3 is 2.29 bits per heavy atom. The molecule has 30 nitrogen and oxygen atoms in total. The molecule has 2 aromatic rings. The van der Waals surface area contributed by atoms with Crippen molar-refractivity contribution >= 4 is 30.8 Å². The molecule has 0 bridgehead atoms. The van der Waals surface area contributed by atoms with E-state index in [2.05, 4.69) is 43.2 Å². The normalized spacial score (nSPS) is 41.3. The summed E-state index contributed by atoms with van der Waals surface area (Å²) in [5, 5.41) is 99.4. The van der Waals surface area contributed by atoms with Gasteiger partial charge in [0.15, 0.2) is 36.1 Å². The summed E-state index contributed by atoms with van der Waals surface area (Å²) in [4.78, 5) is 48.4. The van der Waals surface area contributed by atoms with E-state index < -0.39 is 155 Å². The number of carbonyl (C=O) groups excluding carboxylic acids is 1. The number of hydrogen-bond donors (Lipinski definition) is 16.